The van der Waals surface area contributed by atoms with E-state index in [1.807, 2.05) is 23.5 Å². The smallest absolute Gasteiger partial charge is 0.195 e. The van der Waals surface area contributed by atoms with E-state index >= 15 is 0 Å². The molecule has 2 unspecified atom stereocenters. The molecule has 0 aliphatic carbocycles. The zero-order chi connectivity index (χ0) is 22.2. The Balaban J connectivity index is 1.51. The van der Waals surface area contributed by atoms with Crippen molar-refractivity contribution in [1.82, 2.24) is 24.7 Å². The molecule has 32 heavy (non-hydrogen) atoms. The van der Waals surface area contributed by atoms with Crippen molar-refractivity contribution in [2.45, 2.75) is 11.3 Å². The van der Waals surface area contributed by atoms with Gasteiger partial charge < -0.3 is 4.74 Å². The molecule has 0 N–H and O–H groups in total. The van der Waals surface area contributed by atoms with Gasteiger partial charge in [-0.25, -0.2) is 13.4 Å². The Hall–Kier alpha value is 0.560. The van der Waals surface area contributed by atoms with Gasteiger partial charge >= 0.3 is 0 Å². The molecule has 5 fully saturated rings. The molecule has 0 saturated carbocycles. The second-order valence-corrected chi connectivity index (χ2v) is 15.3. The molecule has 0 aromatic rings. The van der Waals surface area contributed by atoms with E-state index in [-0.39, 0.29) is 17.7 Å². The number of thioether (sulfide) groups is 2. The second kappa shape index (κ2) is 10.3. The molecule has 5 heterocycles. The van der Waals surface area contributed by atoms with Gasteiger partial charge in [0.1, 0.15) is 0 Å². The van der Waals surface area contributed by atoms with Crippen LogP contribution in [0.4, 0.5) is 0 Å². The van der Waals surface area contributed by atoms with Gasteiger partial charge in [0, 0.05) is 91.9 Å². The van der Waals surface area contributed by atoms with Gasteiger partial charge in [-0.2, -0.15) is 16.8 Å². The highest BCUT2D eigenvalue weighted by Gasteiger charge is 2.59. The first-order valence-electron chi connectivity index (χ1n) is 11.6. The summed E-state index contributed by atoms with van der Waals surface area (Å²) in [6.45, 7) is 8.12. The average molecular weight is 526 g/mol. The summed E-state index contributed by atoms with van der Waals surface area (Å²) in [5.74, 6) is 5.05. The van der Waals surface area contributed by atoms with Crippen LogP contribution in [-0.4, -0.2) is 154 Å². The molecule has 5 aliphatic rings. The molecule has 5 aliphatic heterocycles. The summed E-state index contributed by atoms with van der Waals surface area (Å²) in [6, 6.07) is 0. The van der Waals surface area contributed by atoms with E-state index < -0.39 is 25.8 Å². The zero-order valence-electron chi connectivity index (χ0n) is 18.6. The summed E-state index contributed by atoms with van der Waals surface area (Å²) in [5, 5.41) is 4.76. The van der Waals surface area contributed by atoms with E-state index in [0.29, 0.717) is 24.6 Å². The van der Waals surface area contributed by atoms with E-state index in [1.165, 1.54) is 0 Å². The molecule has 184 valence electrons. The second-order valence-electron chi connectivity index (χ2n) is 8.90. The Morgan fingerprint density at radius 1 is 0.875 bits per heavy atom. The third kappa shape index (κ3) is 4.80. The van der Waals surface area contributed by atoms with E-state index in [0.717, 1.165) is 69.7 Å². The van der Waals surface area contributed by atoms with Crippen molar-refractivity contribution in [3.05, 3.63) is 0 Å². The fraction of sp³-hybridized carbons (Fsp3) is 1.00. The number of hydrogen-bond acceptors (Lipinski definition) is 11. The zero-order valence-corrected chi connectivity index (χ0v) is 21.9. The first-order valence-corrected chi connectivity index (χ1v) is 17.1. The normalized spacial score (nSPS) is 37.7. The van der Waals surface area contributed by atoms with Crippen LogP contribution in [0.5, 0.6) is 0 Å². The van der Waals surface area contributed by atoms with Crippen LogP contribution in [0, 0.1) is 0 Å². The summed E-state index contributed by atoms with van der Waals surface area (Å²) >= 11 is 3.97. The third-order valence-corrected chi connectivity index (χ3v) is 12.5. The SMILES string of the molecule is O=S1CCN(C2(N3CCS(=O)(=O)CC3)SCC(N3CCOCC3)N2N2CCSCC2)CC1. The minimum atomic E-state index is -2.97. The number of nitrogens with zero attached hydrogens (tertiary/aromatic N) is 5. The standard InChI is InChI=1S/C19H35N5O4S4/c25-31-13-5-21(6-14-31)19(22-7-15-32(26,27)16-8-22)24(23-3-11-29-12-4-23)18(17-30-19)20-1-9-28-10-2-20/h18H,1-17H2. The third-order valence-electron chi connectivity index (χ3n) is 7.11. The highest BCUT2D eigenvalue weighted by atomic mass is 32.2. The van der Waals surface area contributed by atoms with Crippen molar-refractivity contribution in [3.63, 3.8) is 0 Å². The van der Waals surface area contributed by atoms with Gasteiger partial charge in [0.25, 0.3) is 0 Å². The fourth-order valence-corrected chi connectivity index (χ4v) is 10.4. The van der Waals surface area contributed by atoms with E-state index in [4.69, 9.17) is 4.74 Å². The quantitative estimate of drug-likeness (QED) is 0.457. The van der Waals surface area contributed by atoms with Crippen LogP contribution in [0.3, 0.4) is 0 Å². The summed E-state index contributed by atoms with van der Waals surface area (Å²) in [5.41, 5.74) is 0. The van der Waals surface area contributed by atoms with Gasteiger partial charge in [-0.1, -0.05) is 0 Å². The molecule has 0 aromatic heterocycles. The fourth-order valence-electron chi connectivity index (χ4n) is 5.40. The molecule has 2 atom stereocenters. The minimum absolute atomic E-state index is 0.223. The van der Waals surface area contributed by atoms with Crippen LogP contribution in [0.25, 0.3) is 0 Å². The number of ether oxygens (including phenoxy) is 1. The van der Waals surface area contributed by atoms with Crippen LogP contribution in [-0.2, 0) is 25.4 Å². The maximum Gasteiger partial charge on any atom is 0.195 e. The van der Waals surface area contributed by atoms with Crippen LogP contribution in [0.2, 0.25) is 0 Å². The average Bonchev–Trinajstić information content (AvgIpc) is 3.22. The van der Waals surface area contributed by atoms with Gasteiger partial charge in [0.15, 0.2) is 15.0 Å². The Labute approximate surface area is 202 Å². The highest BCUT2D eigenvalue weighted by molar-refractivity contribution is 8.00. The summed E-state index contributed by atoms with van der Waals surface area (Å²) < 4.78 is 42.5. The lowest BCUT2D eigenvalue weighted by Crippen LogP contribution is -2.75. The van der Waals surface area contributed by atoms with Crippen LogP contribution >= 0.6 is 23.5 Å². The van der Waals surface area contributed by atoms with Crippen molar-refractivity contribution < 1.29 is 17.4 Å². The Morgan fingerprint density at radius 3 is 2.16 bits per heavy atom. The minimum Gasteiger partial charge on any atom is -0.379 e. The van der Waals surface area contributed by atoms with Crippen molar-refractivity contribution in [3.8, 4) is 0 Å². The lowest BCUT2D eigenvalue weighted by molar-refractivity contribution is -0.228. The molecule has 0 aromatic carbocycles. The molecule has 0 bridgehead atoms. The summed E-state index contributed by atoms with van der Waals surface area (Å²) in [4.78, 5) is 7.50. The number of rotatable bonds is 4. The van der Waals surface area contributed by atoms with E-state index in [9.17, 15) is 12.6 Å². The van der Waals surface area contributed by atoms with Crippen molar-refractivity contribution in [2.75, 3.05) is 106 Å². The summed E-state index contributed by atoms with van der Waals surface area (Å²) in [7, 11) is -3.72. The first kappa shape index (κ1) is 24.3. The molecule has 0 amide bonds. The van der Waals surface area contributed by atoms with Crippen LogP contribution < -0.4 is 0 Å². The summed E-state index contributed by atoms with van der Waals surface area (Å²) in [6.07, 6.45) is 0.262. The molecular formula is C19H35N5O4S4. The Morgan fingerprint density at radius 2 is 1.50 bits per heavy atom. The maximum absolute atomic E-state index is 12.3. The van der Waals surface area contributed by atoms with Crippen LogP contribution in [0.1, 0.15) is 0 Å². The number of hydrogen-bond donors (Lipinski definition) is 0. The molecule has 0 radical (unpaired) electrons. The van der Waals surface area contributed by atoms with Gasteiger partial charge in [-0.05, 0) is 0 Å². The molecule has 13 heteroatoms. The number of hydrazine groups is 1. The van der Waals surface area contributed by atoms with Gasteiger partial charge in [0.2, 0.25) is 0 Å². The van der Waals surface area contributed by atoms with E-state index in [2.05, 4.69) is 24.7 Å². The molecular weight excluding hydrogens is 491 g/mol. The van der Waals surface area contributed by atoms with Crippen molar-refractivity contribution >= 4 is 44.2 Å². The van der Waals surface area contributed by atoms with Gasteiger partial charge in [-0.15, -0.1) is 11.8 Å². The highest BCUT2D eigenvalue weighted by Crippen LogP contribution is 2.48. The predicted molar refractivity (Wildman–Crippen MR) is 132 cm³/mol. The molecule has 5 rings (SSSR count). The molecule has 9 nitrogen and oxygen atoms in total. The maximum atomic E-state index is 12.3. The van der Waals surface area contributed by atoms with Crippen molar-refractivity contribution in [1.29, 1.82) is 0 Å². The lowest BCUT2D eigenvalue weighted by Gasteiger charge is -2.58. The van der Waals surface area contributed by atoms with Gasteiger partial charge in [-0.3, -0.25) is 18.9 Å². The van der Waals surface area contributed by atoms with Crippen molar-refractivity contribution in [2.24, 2.45) is 0 Å². The first-order chi connectivity index (χ1) is 15.5. The van der Waals surface area contributed by atoms with Crippen LogP contribution in [0.15, 0.2) is 0 Å². The van der Waals surface area contributed by atoms with E-state index in [1.54, 1.807) is 0 Å². The number of morpholine rings is 1. The Kier molecular flexibility index (Phi) is 7.79. The topological polar surface area (TPSA) is 76.6 Å². The Bertz CT molecular complexity index is 769. The lowest BCUT2D eigenvalue weighted by atomic mass is 10.3. The molecule has 0 spiro atoms. The predicted octanol–water partition coefficient (Wildman–Crippen LogP) is -0.937. The monoisotopic (exact) mass is 525 g/mol. The number of sulfone groups is 1. The largest absolute Gasteiger partial charge is 0.379 e. The molecule has 5 saturated heterocycles. The van der Waals surface area contributed by atoms with Gasteiger partial charge in [0.05, 0.1) is 30.9 Å².